The Bertz CT molecular complexity index is 550. The standard InChI is InChI=1S/C14H21F3N2O2S/c1-3-9-19(10-4-2)22(20,21)18-11-12-5-7-13(8-6-12)14(15,16)17/h5-8,18H,3-4,9-11H2,1-2H3. The molecule has 4 nitrogen and oxygen atoms in total. The van der Waals surface area contributed by atoms with Gasteiger partial charge in [-0.3, -0.25) is 0 Å². The largest absolute Gasteiger partial charge is 0.416 e. The molecular weight excluding hydrogens is 317 g/mol. The highest BCUT2D eigenvalue weighted by Crippen LogP contribution is 2.29. The Morgan fingerprint density at radius 3 is 1.95 bits per heavy atom. The van der Waals surface area contributed by atoms with Crippen LogP contribution in [0, 0.1) is 0 Å². The van der Waals surface area contributed by atoms with Gasteiger partial charge < -0.3 is 0 Å². The maximum Gasteiger partial charge on any atom is 0.416 e. The SMILES string of the molecule is CCCN(CCC)S(=O)(=O)NCc1ccc(C(F)(F)F)cc1. The molecule has 0 spiro atoms. The van der Waals surface area contributed by atoms with E-state index in [2.05, 4.69) is 4.72 Å². The number of rotatable bonds is 8. The van der Waals surface area contributed by atoms with Crippen LogP contribution in [0.2, 0.25) is 0 Å². The number of alkyl halides is 3. The lowest BCUT2D eigenvalue weighted by molar-refractivity contribution is -0.137. The molecule has 0 unspecified atom stereocenters. The van der Waals surface area contributed by atoms with E-state index in [1.165, 1.54) is 16.4 Å². The van der Waals surface area contributed by atoms with Crippen molar-refractivity contribution in [2.75, 3.05) is 13.1 Å². The first kappa shape index (κ1) is 18.9. The molecule has 1 aromatic rings. The second-order valence-electron chi connectivity index (χ2n) is 4.92. The zero-order valence-electron chi connectivity index (χ0n) is 12.7. The molecule has 126 valence electrons. The second-order valence-corrected chi connectivity index (χ2v) is 6.68. The molecule has 0 amide bonds. The predicted octanol–water partition coefficient (Wildman–Crippen LogP) is 3.16. The summed E-state index contributed by atoms with van der Waals surface area (Å²) in [4.78, 5) is 0. The molecule has 0 fully saturated rings. The molecule has 22 heavy (non-hydrogen) atoms. The number of hydrogen-bond acceptors (Lipinski definition) is 2. The molecule has 0 radical (unpaired) electrons. The van der Waals surface area contributed by atoms with Gasteiger partial charge in [0.05, 0.1) is 5.56 Å². The smallest absolute Gasteiger partial charge is 0.198 e. The summed E-state index contributed by atoms with van der Waals surface area (Å²) in [6.45, 7) is 4.55. The van der Waals surface area contributed by atoms with Gasteiger partial charge in [0.25, 0.3) is 10.2 Å². The third-order valence-electron chi connectivity index (χ3n) is 3.03. The Labute approximate surface area is 129 Å². The molecule has 0 atom stereocenters. The van der Waals surface area contributed by atoms with E-state index in [4.69, 9.17) is 0 Å². The van der Waals surface area contributed by atoms with E-state index < -0.39 is 21.9 Å². The lowest BCUT2D eigenvalue weighted by Gasteiger charge is -2.21. The highest BCUT2D eigenvalue weighted by molar-refractivity contribution is 7.87. The molecule has 0 aromatic heterocycles. The number of nitrogens with zero attached hydrogens (tertiary/aromatic N) is 1. The Hall–Kier alpha value is -1.12. The summed E-state index contributed by atoms with van der Waals surface area (Å²) in [5, 5.41) is 0. The minimum atomic E-state index is -4.39. The Balaban J connectivity index is 2.71. The van der Waals surface area contributed by atoms with Gasteiger partial charge in [0.1, 0.15) is 0 Å². The normalized spacial score (nSPS) is 12.8. The third kappa shape index (κ3) is 5.58. The maximum atomic E-state index is 12.5. The van der Waals surface area contributed by atoms with Gasteiger partial charge in [-0.2, -0.15) is 30.6 Å². The van der Waals surface area contributed by atoms with Crippen LogP contribution in [0.25, 0.3) is 0 Å². The van der Waals surface area contributed by atoms with E-state index in [-0.39, 0.29) is 6.54 Å². The fraction of sp³-hybridized carbons (Fsp3) is 0.571. The van der Waals surface area contributed by atoms with E-state index >= 15 is 0 Å². The Kier molecular flexibility index (Phi) is 6.83. The van der Waals surface area contributed by atoms with E-state index in [0.29, 0.717) is 31.5 Å². The molecule has 0 bridgehead atoms. The minimum absolute atomic E-state index is 0.0373. The van der Waals surface area contributed by atoms with Crippen LogP contribution in [0.15, 0.2) is 24.3 Å². The zero-order chi connectivity index (χ0) is 16.8. The highest BCUT2D eigenvalue weighted by Gasteiger charge is 2.30. The quantitative estimate of drug-likeness (QED) is 0.791. The van der Waals surface area contributed by atoms with E-state index in [0.717, 1.165) is 12.1 Å². The lowest BCUT2D eigenvalue weighted by atomic mass is 10.1. The van der Waals surface area contributed by atoms with E-state index in [1.54, 1.807) is 0 Å². The molecular formula is C14H21F3N2O2S. The fourth-order valence-corrected chi connectivity index (χ4v) is 3.31. The van der Waals surface area contributed by atoms with Crippen molar-refractivity contribution in [3.8, 4) is 0 Å². The molecule has 0 saturated heterocycles. The Morgan fingerprint density at radius 2 is 1.55 bits per heavy atom. The van der Waals surface area contributed by atoms with Crippen LogP contribution in [0.4, 0.5) is 13.2 Å². The van der Waals surface area contributed by atoms with E-state index in [9.17, 15) is 21.6 Å². The Morgan fingerprint density at radius 1 is 1.05 bits per heavy atom. The van der Waals surface area contributed by atoms with Crippen LogP contribution in [-0.2, 0) is 22.9 Å². The molecule has 0 aliphatic carbocycles. The first-order valence-electron chi connectivity index (χ1n) is 7.11. The van der Waals surface area contributed by atoms with Gasteiger partial charge in [0, 0.05) is 19.6 Å². The van der Waals surface area contributed by atoms with Crippen LogP contribution < -0.4 is 4.72 Å². The van der Waals surface area contributed by atoms with Crippen LogP contribution in [-0.4, -0.2) is 25.8 Å². The van der Waals surface area contributed by atoms with Crippen molar-refractivity contribution < 1.29 is 21.6 Å². The van der Waals surface area contributed by atoms with Crippen molar-refractivity contribution >= 4 is 10.2 Å². The van der Waals surface area contributed by atoms with Gasteiger partial charge in [-0.25, -0.2) is 0 Å². The predicted molar refractivity (Wildman–Crippen MR) is 79.4 cm³/mol. The summed E-state index contributed by atoms with van der Waals surface area (Å²) in [7, 11) is -3.62. The third-order valence-corrected chi connectivity index (χ3v) is 4.58. The summed E-state index contributed by atoms with van der Waals surface area (Å²) in [5.41, 5.74) is -0.276. The maximum absolute atomic E-state index is 12.5. The summed E-state index contributed by atoms with van der Waals surface area (Å²) < 4.78 is 65.4. The van der Waals surface area contributed by atoms with Crippen molar-refractivity contribution in [1.29, 1.82) is 0 Å². The number of nitrogens with one attached hydrogen (secondary N) is 1. The van der Waals surface area contributed by atoms with Crippen molar-refractivity contribution in [1.82, 2.24) is 9.03 Å². The van der Waals surface area contributed by atoms with Crippen LogP contribution in [0.5, 0.6) is 0 Å². The average molecular weight is 338 g/mol. The number of hydrogen-bond donors (Lipinski definition) is 1. The molecule has 8 heteroatoms. The van der Waals surface area contributed by atoms with Crippen molar-refractivity contribution in [2.24, 2.45) is 0 Å². The highest BCUT2D eigenvalue weighted by atomic mass is 32.2. The molecule has 0 heterocycles. The molecule has 0 aliphatic rings. The number of halogens is 3. The van der Waals surface area contributed by atoms with Crippen LogP contribution >= 0.6 is 0 Å². The minimum Gasteiger partial charge on any atom is -0.198 e. The molecule has 1 N–H and O–H groups in total. The summed E-state index contributed by atoms with van der Waals surface area (Å²) in [6.07, 6.45) is -3.00. The summed E-state index contributed by atoms with van der Waals surface area (Å²) in [6, 6.07) is 4.43. The summed E-state index contributed by atoms with van der Waals surface area (Å²) >= 11 is 0. The lowest BCUT2D eigenvalue weighted by Crippen LogP contribution is -2.41. The topological polar surface area (TPSA) is 49.4 Å². The van der Waals surface area contributed by atoms with Gasteiger partial charge in [-0.15, -0.1) is 0 Å². The molecule has 0 aliphatic heterocycles. The summed E-state index contributed by atoms with van der Waals surface area (Å²) in [5.74, 6) is 0. The van der Waals surface area contributed by atoms with E-state index in [1.807, 2.05) is 13.8 Å². The first-order valence-corrected chi connectivity index (χ1v) is 8.55. The van der Waals surface area contributed by atoms with Gasteiger partial charge >= 0.3 is 6.18 Å². The fourth-order valence-electron chi connectivity index (χ4n) is 1.93. The molecule has 1 rings (SSSR count). The van der Waals surface area contributed by atoms with Gasteiger partial charge in [0.2, 0.25) is 0 Å². The second kappa shape index (κ2) is 7.94. The van der Waals surface area contributed by atoms with Crippen molar-refractivity contribution in [2.45, 2.75) is 39.4 Å². The number of benzene rings is 1. The first-order chi connectivity index (χ1) is 10.2. The van der Waals surface area contributed by atoms with Crippen molar-refractivity contribution in [3.63, 3.8) is 0 Å². The van der Waals surface area contributed by atoms with Gasteiger partial charge in [-0.1, -0.05) is 26.0 Å². The van der Waals surface area contributed by atoms with Gasteiger partial charge in [0.15, 0.2) is 0 Å². The zero-order valence-corrected chi connectivity index (χ0v) is 13.5. The van der Waals surface area contributed by atoms with Crippen LogP contribution in [0.3, 0.4) is 0 Å². The van der Waals surface area contributed by atoms with Crippen molar-refractivity contribution in [3.05, 3.63) is 35.4 Å². The molecule has 1 aromatic carbocycles. The molecule has 0 saturated carbocycles. The monoisotopic (exact) mass is 338 g/mol. The van der Waals surface area contributed by atoms with Crippen LogP contribution in [0.1, 0.15) is 37.8 Å². The average Bonchev–Trinajstić information content (AvgIpc) is 2.44. The van der Waals surface area contributed by atoms with Gasteiger partial charge in [-0.05, 0) is 30.5 Å².